The van der Waals surface area contributed by atoms with Gasteiger partial charge >= 0.3 is 0 Å². The number of aromatic hydroxyl groups is 1. The highest BCUT2D eigenvalue weighted by Crippen LogP contribution is 2.40. The molecular weight excluding hydrogens is 500 g/mol. The molecule has 1 aliphatic carbocycles. The lowest BCUT2D eigenvalue weighted by molar-refractivity contribution is -0.121. The number of hydrogen-bond acceptors (Lipinski definition) is 5. The van der Waals surface area contributed by atoms with E-state index in [-0.39, 0.29) is 24.3 Å². The fourth-order valence-corrected chi connectivity index (χ4v) is 6.12. The van der Waals surface area contributed by atoms with Gasteiger partial charge in [-0.15, -0.1) is 0 Å². The summed E-state index contributed by atoms with van der Waals surface area (Å²) in [6.45, 7) is 1.73. The van der Waals surface area contributed by atoms with E-state index in [1.54, 1.807) is 18.3 Å². The lowest BCUT2D eigenvalue weighted by Crippen LogP contribution is -2.38. The van der Waals surface area contributed by atoms with Gasteiger partial charge in [0.15, 0.2) is 0 Å². The minimum Gasteiger partial charge on any atom is -0.508 e. The van der Waals surface area contributed by atoms with Crippen LogP contribution >= 0.6 is 0 Å². The molecule has 1 amide bonds. The quantitative estimate of drug-likeness (QED) is 0.284. The number of nitrogens with one attached hydrogen (secondary N) is 1. The third kappa shape index (κ3) is 6.19. The molecule has 0 aromatic heterocycles. The molecule has 2 unspecified atom stereocenters. The van der Waals surface area contributed by atoms with Crippen molar-refractivity contribution in [3.63, 3.8) is 0 Å². The number of phenols is 1. The second-order valence-corrected chi connectivity index (χ2v) is 11.2. The van der Waals surface area contributed by atoms with Gasteiger partial charge in [-0.1, -0.05) is 67.6 Å². The van der Waals surface area contributed by atoms with Gasteiger partial charge in [0.1, 0.15) is 5.75 Å². The number of rotatable bonds is 11. The Balaban J connectivity index is 1.29. The number of aliphatic hydroxyl groups excluding tert-OH is 1. The van der Waals surface area contributed by atoms with Crippen LogP contribution in [-0.4, -0.2) is 39.0 Å². The van der Waals surface area contributed by atoms with E-state index in [1.165, 1.54) is 17.2 Å². The van der Waals surface area contributed by atoms with Gasteiger partial charge in [-0.3, -0.25) is 9.79 Å². The van der Waals surface area contributed by atoms with E-state index in [0.29, 0.717) is 36.8 Å². The van der Waals surface area contributed by atoms with Gasteiger partial charge in [-0.05, 0) is 71.7 Å². The summed E-state index contributed by atoms with van der Waals surface area (Å²) >= 11 is 0. The highest BCUT2D eigenvalue weighted by Gasteiger charge is 2.40. The average Bonchev–Trinajstić information content (AvgIpc) is 3.59. The highest BCUT2D eigenvalue weighted by atomic mass is 16.3. The molecule has 0 radical (unpaired) electrons. The molecule has 0 bridgehead atoms. The summed E-state index contributed by atoms with van der Waals surface area (Å²) in [6.07, 6.45) is 9.90. The van der Waals surface area contributed by atoms with E-state index in [9.17, 15) is 20.1 Å². The largest absolute Gasteiger partial charge is 0.508 e. The van der Waals surface area contributed by atoms with Gasteiger partial charge in [0, 0.05) is 37.1 Å². The Hall–Kier alpha value is -3.74. The first-order valence-corrected chi connectivity index (χ1v) is 14.1. The van der Waals surface area contributed by atoms with E-state index in [1.807, 2.05) is 42.5 Å². The van der Waals surface area contributed by atoms with Crippen molar-refractivity contribution in [1.82, 2.24) is 5.32 Å². The monoisotopic (exact) mass is 538 g/mol. The summed E-state index contributed by atoms with van der Waals surface area (Å²) in [7, 11) is 0. The predicted octanol–water partition coefficient (Wildman–Crippen LogP) is 4.71. The minimum absolute atomic E-state index is 0.000606. The maximum Gasteiger partial charge on any atom is 0.220 e. The topological polar surface area (TPSA) is 102 Å². The van der Waals surface area contributed by atoms with E-state index < -0.39 is 11.1 Å². The van der Waals surface area contributed by atoms with Crippen LogP contribution in [-0.2, 0) is 42.7 Å². The Labute approximate surface area is 236 Å². The number of benzene rings is 3. The zero-order valence-corrected chi connectivity index (χ0v) is 23.0. The van der Waals surface area contributed by atoms with E-state index >= 15 is 0 Å². The van der Waals surface area contributed by atoms with Crippen molar-refractivity contribution in [2.45, 2.75) is 75.7 Å². The Morgan fingerprint density at radius 2 is 1.80 bits per heavy atom. The molecular formula is C34H38N2O4. The summed E-state index contributed by atoms with van der Waals surface area (Å²) in [4.78, 5) is 17.4. The molecule has 0 spiro atoms. The molecule has 2 aliphatic rings. The number of carbonyl (C=O) groups is 1. The zero-order valence-electron chi connectivity index (χ0n) is 23.0. The highest BCUT2D eigenvalue weighted by molar-refractivity contribution is 5.77. The van der Waals surface area contributed by atoms with Crippen LogP contribution in [0.4, 0.5) is 0 Å². The van der Waals surface area contributed by atoms with Crippen molar-refractivity contribution in [3.8, 4) is 5.75 Å². The van der Waals surface area contributed by atoms with Crippen LogP contribution in [0.2, 0.25) is 0 Å². The Kier molecular flexibility index (Phi) is 8.19. The van der Waals surface area contributed by atoms with Crippen LogP contribution < -0.4 is 5.32 Å². The summed E-state index contributed by atoms with van der Waals surface area (Å²) in [5.41, 5.74) is 3.79. The van der Waals surface area contributed by atoms with Crippen molar-refractivity contribution >= 4 is 12.1 Å². The van der Waals surface area contributed by atoms with Crippen LogP contribution in [0.25, 0.3) is 0 Å². The number of allylic oxidation sites excluding steroid dienone is 1. The van der Waals surface area contributed by atoms with E-state index in [2.05, 4.69) is 35.4 Å². The molecule has 5 rings (SSSR count). The predicted molar refractivity (Wildman–Crippen MR) is 157 cm³/mol. The number of fused-ring (bicyclic) bond motifs is 1. The number of aliphatic hydroxyl groups is 2. The number of aliphatic imine (C=N–C) groups is 1. The standard InChI is InChI=1S/C34H38N2O4/c1-2-33(15-6-16-35-33)23-34(40,29-12-13-31(38)28(18-29)22-37)21-25-8-5-7-24(17-25)11-14-32(39)36-30-19-26-9-3-4-10-27(26)20-30/h3-10,12-13,15-18,30,37-38,40H,2,11,14,19-23H2,1H3,(H,36,39). The molecule has 4 N–H and O–H groups in total. The smallest absolute Gasteiger partial charge is 0.220 e. The van der Waals surface area contributed by atoms with Crippen molar-refractivity contribution in [3.05, 3.63) is 112 Å². The van der Waals surface area contributed by atoms with Gasteiger partial charge in [-0.2, -0.15) is 0 Å². The first-order chi connectivity index (χ1) is 19.3. The maximum absolute atomic E-state index is 12.8. The number of carbonyl (C=O) groups excluding carboxylic acids is 1. The fraction of sp³-hybridized carbons (Fsp3) is 0.353. The van der Waals surface area contributed by atoms with E-state index in [4.69, 9.17) is 0 Å². The number of nitrogens with zero attached hydrogens (tertiary/aromatic N) is 1. The van der Waals surface area contributed by atoms with Crippen molar-refractivity contribution in [2.24, 2.45) is 4.99 Å². The van der Waals surface area contributed by atoms with Gasteiger partial charge in [0.25, 0.3) is 0 Å². The Morgan fingerprint density at radius 3 is 2.48 bits per heavy atom. The summed E-state index contributed by atoms with van der Waals surface area (Å²) in [5, 5.41) is 35.3. The number of amides is 1. The first-order valence-electron chi connectivity index (χ1n) is 14.1. The lowest BCUT2D eigenvalue weighted by Gasteiger charge is -2.36. The minimum atomic E-state index is -1.30. The first kappa shape index (κ1) is 27.8. The Morgan fingerprint density at radius 1 is 1.05 bits per heavy atom. The van der Waals surface area contributed by atoms with Gasteiger partial charge in [0.2, 0.25) is 5.91 Å². The SMILES string of the molecule is CCC1(CC(O)(Cc2cccc(CCC(=O)NC3Cc4ccccc4C3)c2)c2ccc(O)c(CO)c2)C=CC=N1. The van der Waals surface area contributed by atoms with Crippen LogP contribution in [0.15, 0.2) is 83.9 Å². The summed E-state index contributed by atoms with van der Waals surface area (Å²) < 4.78 is 0. The average molecular weight is 539 g/mol. The van der Waals surface area contributed by atoms with Crippen molar-refractivity contribution in [1.29, 1.82) is 0 Å². The summed E-state index contributed by atoms with van der Waals surface area (Å²) in [5.74, 6) is 0.0513. The maximum atomic E-state index is 12.8. The normalized spacial score (nSPS) is 19.5. The lowest BCUT2D eigenvalue weighted by atomic mass is 9.75. The third-order valence-corrected chi connectivity index (χ3v) is 8.37. The second-order valence-electron chi connectivity index (χ2n) is 11.2. The van der Waals surface area contributed by atoms with Crippen LogP contribution in [0.1, 0.15) is 59.6 Å². The third-order valence-electron chi connectivity index (χ3n) is 8.37. The van der Waals surface area contributed by atoms with Crippen molar-refractivity contribution in [2.75, 3.05) is 0 Å². The van der Waals surface area contributed by atoms with Gasteiger partial charge in [-0.25, -0.2) is 0 Å². The Bertz CT molecular complexity index is 1390. The molecule has 1 aliphatic heterocycles. The molecule has 6 heteroatoms. The second kappa shape index (κ2) is 11.8. The van der Waals surface area contributed by atoms with Gasteiger partial charge < -0.3 is 20.6 Å². The molecule has 208 valence electrons. The fourth-order valence-electron chi connectivity index (χ4n) is 6.12. The zero-order chi connectivity index (χ0) is 28.2. The molecule has 0 saturated carbocycles. The molecule has 3 aromatic rings. The molecule has 0 fully saturated rings. The van der Waals surface area contributed by atoms with Crippen LogP contribution in [0.5, 0.6) is 5.75 Å². The van der Waals surface area contributed by atoms with Gasteiger partial charge in [0.05, 0.1) is 17.7 Å². The van der Waals surface area contributed by atoms with Crippen LogP contribution in [0, 0.1) is 0 Å². The number of hydrogen-bond donors (Lipinski definition) is 4. The van der Waals surface area contributed by atoms with Crippen LogP contribution in [0.3, 0.4) is 0 Å². The number of aryl methyl sites for hydroxylation is 1. The molecule has 0 saturated heterocycles. The molecule has 3 aromatic carbocycles. The summed E-state index contributed by atoms with van der Waals surface area (Å²) in [6, 6.07) is 21.5. The molecule has 1 heterocycles. The molecule has 40 heavy (non-hydrogen) atoms. The van der Waals surface area contributed by atoms with Crippen molar-refractivity contribution < 1.29 is 20.1 Å². The van der Waals surface area contributed by atoms with E-state index in [0.717, 1.165) is 30.4 Å². The molecule has 2 atom stereocenters. The molecule has 6 nitrogen and oxygen atoms in total.